The second-order valence-electron chi connectivity index (χ2n) is 8.67. The van der Waals surface area contributed by atoms with E-state index in [-0.39, 0.29) is 14.9 Å². The van der Waals surface area contributed by atoms with Crippen LogP contribution < -0.4 is 0 Å². The van der Waals surface area contributed by atoms with E-state index < -0.39 is 36.6 Å². The summed E-state index contributed by atoms with van der Waals surface area (Å²) in [5, 5.41) is 53.3. The molecule has 3 aliphatic carbocycles. The Bertz CT molecular complexity index is 388. The Morgan fingerprint density at radius 2 is 0.659 bits per heavy atom. The maximum Gasteiger partial charge on any atom is 0.0980 e. The Morgan fingerprint density at radius 3 is 0.780 bits per heavy atom. The van der Waals surface area contributed by atoms with Crippen LogP contribution in [0.4, 0.5) is 0 Å². The third-order valence-corrected chi connectivity index (χ3v) is 4.41. The van der Waals surface area contributed by atoms with Crippen molar-refractivity contribution in [3.63, 3.8) is 0 Å². The van der Waals surface area contributed by atoms with Gasteiger partial charge in [-0.15, -0.1) is 0 Å². The topological polar surface area (TPSA) is 121 Å². The van der Waals surface area contributed by atoms with Gasteiger partial charge in [-0.2, -0.15) is 0 Å². The molecule has 3 aliphatic rings. The molecule has 0 aliphatic heterocycles. The lowest BCUT2D eigenvalue weighted by Crippen LogP contribution is -2.28. The molecule has 1 fully saturated rings. The number of hydrogen-bond acceptors (Lipinski definition) is 6. The molecule has 6 atom stereocenters. The molecular formula is C35H82O6. The van der Waals surface area contributed by atoms with Crippen LogP contribution in [0.1, 0.15) is 169 Å². The zero-order valence-corrected chi connectivity index (χ0v) is 28.2. The van der Waals surface area contributed by atoms with E-state index in [1.165, 1.54) is 19.3 Å². The molecule has 0 aromatic rings. The fraction of sp³-hybridized carbons (Fsp3) is 0.886. The van der Waals surface area contributed by atoms with E-state index in [9.17, 15) is 0 Å². The van der Waals surface area contributed by atoms with Gasteiger partial charge in [0.25, 0.3) is 0 Å². The number of rotatable bonds is 0. The van der Waals surface area contributed by atoms with Crippen LogP contribution in [0.5, 0.6) is 0 Å². The minimum Gasteiger partial charge on any atom is -0.390 e. The summed E-state index contributed by atoms with van der Waals surface area (Å²) in [6, 6.07) is 0. The van der Waals surface area contributed by atoms with Gasteiger partial charge in [-0.1, -0.05) is 154 Å². The summed E-state index contributed by atoms with van der Waals surface area (Å²) in [4.78, 5) is 0. The van der Waals surface area contributed by atoms with Crippen LogP contribution in [-0.4, -0.2) is 67.3 Å². The Morgan fingerprint density at radius 1 is 0.439 bits per heavy atom. The van der Waals surface area contributed by atoms with Crippen molar-refractivity contribution in [2.75, 3.05) is 0 Å². The van der Waals surface area contributed by atoms with Crippen LogP contribution in [0, 0.1) is 0 Å². The van der Waals surface area contributed by atoms with E-state index in [4.69, 9.17) is 30.6 Å². The fourth-order valence-corrected chi connectivity index (χ4v) is 2.70. The molecule has 6 nitrogen and oxygen atoms in total. The lowest BCUT2D eigenvalue weighted by Gasteiger charge is -2.22. The van der Waals surface area contributed by atoms with E-state index in [1.54, 1.807) is 12.2 Å². The minimum atomic E-state index is -0.622. The van der Waals surface area contributed by atoms with Crippen LogP contribution >= 0.6 is 0 Å². The molecule has 0 aromatic heterocycles. The Hall–Kier alpha value is -0.760. The summed E-state index contributed by atoms with van der Waals surface area (Å²) in [7, 11) is 0. The van der Waals surface area contributed by atoms with Gasteiger partial charge in [0.2, 0.25) is 0 Å². The summed E-state index contributed by atoms with van der Waals surface area (Å²) in [6.07, 6.45) is 14.5. The molecule has 6 N–H and O–H groups in total. The Kier molecular flexibility index (Phi) is 80.3. The van der Waals surface area contributed by atoms with Gasteiger partial charge in [-0.25, -0.2) is 0 Å². The van der Waals surface area contributed by atoms with E-state index in [1.807, 2.05) is 53.7 Å². The van der Waals surface area contributed by atoms with E-state index in [2.05, 4.69) is 41.5 Å². The molecule has 0 spiro atoms. The predicted octanol–water partition coefficient (Wildman–Crippen LogP) is 9.00. The second-order valence-corrected chi connectivity index (χ2v) is 8.67. The van der Waals surface area contributed by atoms with Gasteiger partial charge >= 0.3 is 0 Å². The smallest absolute Gasteiger partial charge is 0.0980 e. The van der Waals surface area contributed by atoms with Crippen LogP contribution in [0.15, 0.2) is 24.3 Å². The standard InChI is InChI=1S/C6H12O2.2C6H10O2.3C3H8.3C2H6.2CH4/c3*7-5-3-1-2-4-6(5)8;3*1-3-2;3*1-2;;/h5-8H,1-4H2;2*1,3,5-8H,2,4H2;3*3H2,1-2H3;3*1-2H3;2*1H4/t3*5-,6+;;;;;;;;/m.10......../s1. The molecule has 6 heteroatoms. The van der Waals surface area contributed by atoms with Crippen molar-refractivity contribution in [2.45, 2.75) is 205 Å². The number of hydrogen-bond donors (Lipinski definition) is 6. The molecule has 1 saturated carbocycles. The van der Waals surface area contributed by atoms with Crippen molar-refractivity contribution in [1.82, 2.24) is 0 Å². The Balaban J connectivity index is -0.0000000529. The number of aliphatic hydroxyl groups is 6. The number of aliphatic hydroxyl groups excluding tert-OH is 6. The summed E-state index contributed by atoms with van der Waals surface area (Å²) < 4.78 is 0. The molecule has 0 aromatic carbocycles. The predicted molar refractivity (Wildman–Crippen MR) is 187 cm³/mol. The summed E-state index contributed by atoms with van der Waals surface area (Å²) in [5.74, 6) is 0. The molecule has 0 unspecified atom stereocenters. The van der Waals surface area contributed by atoms with Crippen molar-refractivity contribution in [3.05, 3.63) is 24.3 Å². The average Bonchev–Trinajstić information content (AvgIpc) is 2.95. The van der Waals surface area contributed by atoms with Gasteiger partial charge < -0.3 is 30.6 Å². The molecule has 0 radical (unpaired) electrons. The fourth-order valence-electron chi connectivity index (χ4n) is 2.70. The van der Waals surface area contributed by atoms with Crippen LogP contribution in [0.2, 0.25) is 0 Å². The van der Waals surface area contributed by atoms with Crippen molar-refractivity contribution in [2.24, 2.45) is 0 Å². The van der Waals surface area contributed by atoms with Gasteiger partial charge in [-0.05, 0) is 38.5 Å². The first-order valence-electron chi connectivity index (χ1n) is 16.1. The summed E-state index contributed by atoms with van der Waals surface area (Å²) >= 11 is 0. The molecule has 0 saturated heterocycles. The van der Waals surface area contributed by atoms with Gasteiger partial charge in [0.1, 0.15) is 0 Å². The van der Waals surface area contributed by atoms with Crippen molar-refractivity contribution in [1.29, 1.82) is 0 Å². The van der Waals surface area contributed by atoms with Gasteiger partial charge in [-0.3, -0.25) is 0 Å². The first kappa shape index (κ1) is 59.6. The molecule has 0 bridgehead atoms. The molecule has 258 valence electrons. The third-order valence-electron chi connectivity index (χ3n) is 4.41. The highest BCUT2D eigenvalue weighted by atomic mass is 16.3. The Labute approximate surface area is 260 Å². The van der Waals surface area contributed by atoms with Crippen LogP contribution in [-0.2, 0) is 0 Å². The first-order valence-corrected chi connectivity index (χ1v) is 16.1. The van der Waals surface area contributed by atoms with Crippen LogP contribution in [0.3, 0.4) is 0 Å². The van der Waals surface area contributed by atoms with Crippen LogP contribution in [0.25, 0.3) is 0 Å². The van der Waals surface area contributed by atoms with Gasteiger partial charge in [0, 0.05) is 0 Å². The van der Waals surface area contributed by atoms with Crippen molar-refractivity contribution < 1.29 is 30.6 Å². The normalized spacial score (nSPS) is 24.2. The SMILES string of the molecule is C.C.CC.CC.CC.CCC.CCC.CCC.O[C@@H]1C=CCC[C@@H]1O.O[C@@H]1CCC=C[C@@H]1O.O[C@@H]1CCCC[C@@H]1O. The van der Waals surface area contributed by atoms with Gasteiger partial charge in [0.05, 0.1) is 36.6 Å². The quantitative estimate of drug-likeness (QED) is 0.155. The average molecular weight is 599 g/mol. The maximum absolute atomic E-state index is 8.93. The van der Waals surface area contributed by atoms with Crippen molar-refractivity contribution >= 4 is 0 Å². The highest BCUT2D eigenvalue weighted by molar-refractivity contribution is 4.98. The van der Waals surface area contributed by atoms with E-state index in [0.29, 0.717) is 12.8 Å². The molecule has 41 heavy (non-hydrogen) atoms. The van der Waals surface area contributed by atoms with E-state index >= 15 is 0 Å². The molecule has 3 rings (SSSR count). The van der Waals surface area contributed by atoms with E-state index in [0.717, 1.165) is 38.5 Å². The number of allylic oxidation sites excluding steroid dienone is 2. The zero-order chi connectivity index (χ0) is 32.1. The second kappa shape index (κ2) is 55.2. The minimum absolute atomic E-state index is 0. The summed E-state index contributed by atoms with van der Waals surface area (Å²) in [5.41, 5.74) is 0. The first-order chi connectivity index (χ1) is 18.7. The lowest BCUT2D eigenvalue weighted by atomic mass is 9.95. The highest BCUT2D eigenvalue weighted by Gasteiger charge is 2.19. The largest absolute Gasteiger partial charge is 0.390 e. The van der Waals surface area contributed by atoms with Gasteiger partial charge in [0.15, 0.2) is 0 Å². The molecule has 0 heterocycles. The zero-order valence-electron chi connectivity index (χ0n) is 28.2. The monoisotopic (exact) mass is 599 g/mol. The summed E-state index contributed by atoms with van der Waals surface area (Å²) in [6.45, 7) is 24.8. The molecule has 0 amide bonds. The van der Waals surface area contributed by atoms with Crippen molar-refractivity contribution in [3.8, 4) is 0 Å². The highest BCUT2D eigenvalue weighted by Crippen LogP contribution is 2.17. The molecular weight excluding hydrogens is 516 g/mol. The third kappa shape index (κ3) is 52.4. The lowest BCUT2D eigenvalue weighted by molar-refractivity contribution is -0.00865. The maximum atomic E-state index is 8.93.